The molecule has 2 fully saturated rings. The van der Waals surface area contributed by atoms with Gasteiger partial charge in [0, 0.05) is 5.92 Å². The topological polar surface area (TPSA) is 29.5 Å². The third kappa shape index (κ3) is 1.53. The van der Waals surface area contributed by atoms with E-state index in [9.17, 15) is 5.11 Å². The van der Waals surface area contributed by atoms with Crippen LogP contribution in [0.1, 0.15) is 53.4 Å². The maximum atomic E-state index is 10.5. The van der Waals surface area contributed by atoms with Gasteiger partial charge in [0.25, 0.3) is 0 Å². The predicted octanol–water partition coefficient (Wildman–Crippen LogP) is 3.05. The van der Waals surface area contributed by atoms with Gasteiger partial charge in [-0.15, -0.1) is 0 Å². The van der Waals surface area contributed by atoms with Crippen LogP contribution < -0.4 is 0 Å². The average Bonchev–Trinajstić information content (AvgIpc) is 2.44. The first kappa shape index (κ1) is 11.7. The lowest BCUT2D eigenvalue weighted by molar-refractivity contribution is -0.106. The summed E-state index contributed by atoms with van der Waals surface area (Å²) in [5.74, 6) is 0.519. The van der Waals surface area contributed by atoms with E-state index in [1.165, 1.54) is 18.4 Å². The van der Waals surface area contributed by atoms with E-state index in [1.807, 2.05) is 6.92 Å². The van der Waals surface area contributed by atoms with Crippen LogP contribution in [0.3, 0.4) is 0 Å². The first-order valence-corrected chi connectivity index (χ1v) is 6.88. The number of ether oxygens (including phenoxy) is 1. The van der Waals surface area contributed by atoms with Crippen molar-refractivity contribution in [2.75, 3.05) is 0 Å². The van der Waals surface area contributed by atoms with Gasteiger partial charge >= 0.3 is 0 Å². The van der Waals surface area contributed by atoms with E-state index in [0.717, 1.165) is 12.8 Å². The van der Waals surface area contributed by atoms with Crippen molar-refractivity contribution in [3.8, 4) is 0 Å². The molecule has 0 aromatic heterocycles. The van der Waals surface area contributed by atoms with Crippen molar-refractivity contribution in [3.05, 3.63) is 11.6 Å². The highest BCUT2D eigenvalue weighted by molar-refractivity contribution is 5.32. The molecule has 1 saturated heterocycles. The van der Waals surface area contributed by atoms with E-state index in [0.29, 0.717) is 5.92 Å². The maximum Gasteiger partial charge on any atom is 0.106 e. The van der Waals surface area contributed by atoms with Crippen molar-refractivity contribution < 1.29 is 9.84 Å². The SMILES string of the molecule is CC1(C)CCC[C@]2(C)O[C@H]3C[C@@H]2C1=C[C@]3(C)O. The Morgan fingerprint density at radius 3 is 2.65 bits per heavy atom. The second-order valence-corrected chi connectivity index (χ2v) is 7.27. The van der Waals surface area contributed by atoms with Crippen molar-refractivity contribution in [2.45, 2.75) is 70.7 Å². The van der Waals surface area contributed by atoms with Crippen LogP contribution >= 0.6 is 0 Å². The molecule has 1 aliphatic heterocycles. The van der Waals surface area contributed by atoms with Gasteiger partial charge in [-0.2, -0.15) is 0 Å². The van der Waals surface area contributed by atoms with Crippen LogP contribution in [-0.2, 0) is 4.74 Å². The average molecular weight is 236 g/mol. The van der Waals surface area contributed by atoms with Gasteiger partial charge in [-0.05, 0) is 44.9 Å². The molecule has 4 atom stereocenters. The normalized spacial score (nSPS) is 51.9. The number of fused-ring (bicyclic) bond motifs is 1. The summed E-state index contributed by atoms with van der Waals surface area (Å²) in [6.07, 6.45) is 6.67. The largest absolute Gasteiger partial charge is 0.383 e. The predicted molar refractivity (Wildman–Crippen MR) is 67.7 cm³/mol. The molecular weight excluding hydrogens is 212 g/mol. The van der Waals surface area contributed by atoms with E-state index in [1.54, 1.807) is 0 Å². The van der Waals surface area contributed by atoms with Crippen molar-refractivity contribution in [1.82, 2.24) is 0 Å². The second kappa shape index (κ2) is 3.16. The molecule has 1 N–H and O–H groups in total. The van der Waals surface area contributed by atoms with Gasteiger partial charge in [0.15, 0.2) is 0 Å². The third-order valence-corrected chi connectivity index (χ3v) is 5.33. The van der Waals surface area contributed by atoms with Crippen LogP contribution in [0, 0.1) is 11.3 Å². The van der Waals surface area contributed by atoms with Crippen LogP contribution in [0.5, 0.6) is 0 Å². The fraction of sp³-hybridized carbons (Fsp3) is 0.867. The van der Waals surface area contributed by atoms with Gasteiger partial charge in [-0.1, -0.05) is 25.5 Å². The summed E-state index contributed by atoms with van der Waals surface area (Å²) < 4.78 is 6.23. The van der Waals surface area contributed by atoms with Gasteiger partial charge < -0.3 is 9.84 Å². The van der Waals surface area contributed by atoms with Gasteiger partial charge in [0.05, 0.1) is 11.7 Å². The Bertz CT molecular complexity index is 380. The minimum absolute atomic E-state index is 0.00449. The van der Waals surface area contributed by atoms with Crippen LogP contribution in [0.15, 0.2) is 11.6 Å². The van der Waals surface area contributed by atoms with E-state index >= 15 is 0 Å². The summed E-state index contributed by atoms with van der Waals surface area (Å²) >= 11 is 0. The number of rotatable bonds is 0. The Morgan fingerprint density at radius 1 is 1.24 bits per heavy atom. The summed E-state index contributed by atoms with van der Waals surface area (Å²) in [6.45, 7) is 8.78. The van der Waals surface area contributed by atoms with Crippen molar-refractivity contribution in [3.63, 3.8) is 0 Å². The van der Waals surface area contributed by atoms with Crippen LogP contribution in [0.25, 0.3) is 0 Å². The second-order valence-electron chi connectivity index (χ2n) is 7.27. The molecule has 1 heterocycles. The highest BCUT2D eigenvalue weighted by Gasteiger charge is 2.57. The number of aliphatic hydroxyl groups is 1. The minimum Gasteiger partial charge on any atom is -0.383 e. The maximum absolute atomic E-state index is 10.5. The lowest BCUT2D eigenvalue weighted by Crippen LogP contribution is -2.41. The molecule has 0 spiro atoms. The smallest absolute Gasteiger partial charge is 0.106 e. The fourth-order valence-corrected chi connectivity index (χ4v) is 4.17. The Morgan fingerprint density at radius 2 is 1.94 bits per heavy atom. The van der Waals surface area contributed by atoms with E-state index in [2.05, 4.69) is 26.8 Å². The molecule has 96 valence electrons. The molecule has 3 aliphatic rings. The molecule has 2 nitrogen and oxygen atoms in total. The van der Waals surface area contributed by atoms with E-state index < -0.39 is 5.60 Å². The Balaban J connectivity index is 2.14. The van der Waals surface area contributed by atoms with Gasteiger partial charge in [-0.25, -0.2) is 0 Å². The lowest BCUT2D eigenvalue weighted by atomic mass is 9.67. The Labute approximate surface area is 104 Å². The van der Waals surface area contributed by atoms with Crippen molar-refractivity contribution in [2.24, 2.45) is 11.3 Å². The van der Waals surface area contributed by atoms with Crippen LogP contribution in [-0.4, -0.2) is 22.4 Å². The third-order valence-electron chi connectivity index (χ3n) is 5.33. The van der Waals surface area contributed by atoms with E-state index in [4.69, 9.17) is 4.74 Å². The standard InChI is InChI=1S/C15H24O2/c1-13(2)6-5-7-15(4)10-8-12(17-15)14(3,16)9-11(10)13/h9-10,12,16H,5-8H2,1-4H3/t10-,12+,14+,15+/m1/s1. The molecular formula is C15H24O2. The summed E-state index contributed by atoms with van der Waals surface area (Å²) in [7, 11) is 0. The summed E-state index contributed by atoms with van der Waals surface area (Å²) in [5, 5.41) is 10.5. The molecule has 0 radical (unpaired) electrons. The van der Waals surface area contributed by atoms with Crippen molar-refractivity contribution in [1.29, 1.82) is 0 Å². The number of hydrogen-bond acceptors (Lipinski definition) is 2. The number of hydrogen-bond donors (Lipinski definition) is 1. The Kier molecular flexibility index (Phi) is 2.18. The summed E-state index contributed by atoms with van der Waals surface area (Å²) in [6, 6.07) is 0. The summed E-state index contributed by atoms with van der Waals surface area (Å²) in [4.78, 5) is 0. The molecule has 2 aliphatic carbocycles. The summed E-state index contributed by atoms with van der Waals surface area (Å²) in [5.41, 5.74) is 0.838. The zero-order valence-corrected chi connectivity index (χ0v) is 11.4. The fourth-order valence-electron chi connectivity index (χ4n) is 4.17. The van der Waals surface area contributed by atoms with Crippen molar-refractivity contribution >= 4 is 0 Å². The molecule has 0 aromatic rings. The van der Waals surface area contributed by atoms with Crippen LogP contribution in [0.2, 0.25) is 0 Å². The molecule has 2 heteroatoms. The zero-order chi connectivity index (χ0) is 12.5. The molecule has 0 amide bonds. The lowest BCUT2D eigenvalue weighted by Gasteiger charge is -2.38. The van der Waals surface area contributed by atoms with E-state index in [-0.39, 0.29) is 17.1 Å². The molecule has 17 heavy (non-hydrogen) atoms. The monoisotopic (exact) mass is 236 g/mol. The molecule has 0 unspecified atom stereocenters. The highest BCUT2D eigenvalue weighted by atomic mass is 16.5. The highest BCUT2D eigenvalue weighted by Crippen LogP contribution is 2.57. The van der Waals surface area contributed by atoms with Gasteiger partial charge in [-0.3, -0.25) is 0 Å². The van der Waals surface area contributed by atoms with Gasteiger partial charge in [0.2, 0.25) is 0 Å². The first-order valence-electron chi connectivity index (χ1n) is 6.88. The molecule has 2 bridgehead atoms. The van der Waals surface area contributed by atoms with Gasteiger partial charge in [0.1, 0.15) is 5.60 Å². The molecule has 1 saturated carbocycles. The quantitative estimate of drug-likeness (QED) is 0.655. The van der Waals surface area contributed by atoms with Crippen LogP contribution in [0.4, 0.5) is 0 Å². The molecule has 0 aromatic carbocycles. The zero-order valence-electron chi connectivity index (χ0n) is 11.4. The molecule has 3 rings (SSSR count). The first-order chi connectivity index (χ1) is 7.75. The Hall–Kier alpha value is -0.340. The minimum atomic E-state index is -0.780.